The molecule has 3 rings (SSSR count). The van der Waals surface area contributed by atoms with Gasteiger partial charge < -0.3 is 20.3 Å². The van der Waals surface area contributed by atoms with E-state index in [1.165, 1.54) is 0 Å². The third kappa shape index (κ3) is 5.49. The van der Waals surface area contributed by atoms with Gasteiger partial charge in [-0.2, -0.15) is 13.2 Å². The van der Waals surface area contributed by atoms with Gasteiger partial charge in [-0.3, -0.25) is 9.69 Å². The highest BCUT2D eigenvalue weighted by molar-refractivity contribution is 5.79. The third-order valence-electron chi connectivity index (χ3n) is 5.29. The minimum Gasteiger partial charge on any atom is -0.445 e. The summed E-state index contributed by atoms with van der Waals surface area (Å²) in [4.78, 5) is 36.9. The van der Waals surface area contributed by atoms with Crippen molar-refractivity contribution in [3.8, 4) is 0 Å². The number of hydrogen-bond donors (Lipinski definition) is 1. The Balaban J connectivity index is 1.47. The number of rotatable bonds is 5. The second kappa shape index (κ2) is 9.02. The fourth-order valence-corrected chi connectivity index (χ4v) is 3.82. The summed E-state index contributed by atoms with van der Waals surface area (Å²) in [5.41, 5.74) is 4.13. The Bertz CT molecular complexity index is 753. The Morgan fingerprint density at radius 1 is 1.20 bits per heavy atom. The maximum Gasteiger partial charge on any atom is 0.419 e. The van der Waals surface area contributed by atoms with Gasteiger partial charge in [0, 0.05) is 51.7 Å². The lowest BCUT2D eigenvalue weighted by atomic mass is 10.1. The molecule has 166 valence electrons. The highest BCUT2D eigenvalue weighted by atomic mass is 19.4. The Morgan fingerprint density at radius 3 is 2.40 bits per heavy atom. The Labute approximate surface area is 172 Å². The lowest BCUT2D eigenvalue weighted by molar-refractivity contribution is -0.138. The number of halogens is 3. The van der Waals surface area contributed by atoms with Crippen LogP contribution in [-0.4, -0.2) is 83.7 Å². The second-order valence-corrected chi connectivity index (χ2v) is 7.57. The lowest BCUT2D eigenvalue weighted by Gasteiger charge is -2.36. The van der Waals surface area contributed by atoms with E-state index in [0.717, 1.165) is 25.4 Å². The zero-order valence-corrected chi connectivity index (χ0v) is 16.6. The maximum absolute atomic E-state index is 12.8. The van der Waals surface area contributed by atoms with Crippen LogP contribution in [0.5, 0.6) is 0 Å². The van der Waals surface area contributed by atoms with E-state index in [1.54, 1.807) is 16.7 Å². The van der Waals surface area contributed by atoms with E-state index in [4.69, 9.17) is 10.5 Å². The van der Waals surface area contributed by atoms with E-state index in [-0.39, 0.29) is 23.9 Å². The van der Waals surface area contributed by atoms with Crippen molar-refractivity contribution in [2.75, 3.05) is 50.7 Å². The zero-order chi connectivity index (χ0) is 21.9. The molecule has 2 saturated heterocycles. The first kappa shape index (κ1) is 22.1. The summed E-state index contributed by atoms with van der Waals surface area (Å²) in [6.45, 7) is 5.43. The van der Waals surface area contributed by atoms with Crippen LogP contribution < -0.4 is 10.6 Å². The summed E-state index contributed by atoms with van der Waals surface area (Å²) in [6, 6.07) is 0. The molecule has 1 aromatic rings. The van der Waals surface area contributed by atoms with Crippen molar-refractivity contribution in [2.45, 2.75) is 25.6 Å². The Kier molecular flexibility index (Phi) is 6.64. The first-order valence-corrected chi connectivity index (χ1v) is 9.75. The van der Waals surface area contributed by atoms with Crippen LogP contribution in [0.25, 0.3) is 0 Å². The van der Waals surface area contributed by atoms with Crippen molar-refractivity contribution in [3.63, 3.8) is 0 Å². The molecule has 0 bridgehead atoms. The number of piperazine rings is 1. The number of alkyl halides is 3. The van der Waals surface area contributed by atoms with Crippen LogP contribution in [0.3, 0.4) is 0 Å². The number of ether oxygens (including phenoxy) is 1. The molecule has 30 heavy (non-hydrogen) atoms. The summed E-state index contributed by atoms with van der Waals surface area (Å²) < 4.78 is 42.8. The fraction of sp³-hybridized carbons (Fsp3) is 0.667. The SMILES string of the molecule is CC(CN1CC[C@H](C(=O)N2CCN(c3ncc(C(F)(F)F)cn3)CC2)C1)OC(N)=O. The second-order valence-electron chi connectivity index (χ2n) is 7.57. The molecule has 0 aliphatic carbocycles. The van der Waals surface area contributed by atoms with E-state index in [1.807, 2.05) is 0 Å². The van der Waals surface area contributed by atoms with Crippen molar-refractivity contribution < 1.29 is 27.5 Å². The molecule has 2 atom stereocenters. The van der Waals surface area contributed by atoms with Gasteiger partial charge in [0.2, 0.25) is 11.9 Å². The molecule has 0 aromatic carbocycles. The van der Waals surface area contributed by atoms with Gasteiger partial charge in [-0.25, -0.2) is 14.8 Å². The molecular formula is C18H25F3N6O3. The van der Waals surface area contributed by atoms with Crippen LogP contribution in [-0.2, 0) is 15.7 Å². The first-order valence-electron chi connectivity index (χ1n) is 9.75. The monoisotopic (exact) mass is 430 g/mol. The van der Waals surface area contributed by atoms with E-state index in [2.05, 4.69) is 14.9 Å². The van der Waals surface area contributed by atoms with E-state index >= 15 is 0 Å². The molecular weight excluding hydrogens is 405 g/mol. The first-order chi connectivity index (χ1) is 14.1. The molecule has 1 unspecified atom stereocenters. The highest BCUT2D eigenvalue weighted by Crippen LogP contribution is 2.28. The minimum absolute atomic E-state index is 0.0639. The van der Waals surface area contributed by atoms with E-state index in [0.29, 0.717) is 39.3 Å². The predicted molar refractivity (Wildman–Crippen MR) is 101 cm³/mol. The van der Waals surface area contributed by atoms with Gasteiger partial charge in [0.05, 0.1) is 11.5 Å². The molecule has 0 radical (unpaired) electrons. The number of anilines is 1. The number of likely N-dealkylation sites (tertiary alicyclic amines) is 1. The topological polar surface area (TPSA) is 105 Å². The van der Waals surface area contributed by atoms with Crippen molar-refractivity contribution in [2.24, 2.45) is 11.7 Å². The van der Waals surface area contributed by atoms with E-state index in [9.17, 15) is 22.8 Å². The van der Waals surface area contributed by atoms with Crippen molar-refractivity contribution in [1.82, 2.24) is 19.8 Å². The van der Waals surface area contributed by atoms with Crippen molar-refractivity contribution in [1.29, 1.82) is 0 Å². The van der Waals surface area contributed by atoms with Gasteiger partial charge in [0.15, 0.2) is 0 Å². The van der Waals surface area contributed by atoms with Gasteiger partial charge in [-0.15, -0.1) is 0 Å². The predicted octanol–water partition coefficient (Wildman–Crippen LogP) is 0.950. The molecule has 2 fully saturated rings. The summed E-state index contributed by atoms with van der Waals surface area (Å²) >= 11 is 0. The number of amides is 2. The third-order valence-corrected chi connectivity index (χ3v) is 5.29. The van der Waals surface area contributed by atoms with Gasteiger partial charge in [-0.05, 0) is 19.9 Å². The molecule has 2 aliphatic heterocycles. The molecule has 9 nitrogen and oxygen atoms in total. The number of aromatic nitrogens is 2. The zero-order valence-electron chi connectivity index (χ0n) is 16.6. The summed E-state index contributed by atoms with van der Waals surface area (Å²) in [5, 5.41) is 0. The standard InChI is InChI=1S/C18H25F3N6O3/c1-12(30-16(22)29)10-25-3-2-13(11-25)15(28)26-4-6-27(7-5-26)17-23-8-14(9-24-17)18(19,20)21/h8-9,12-13H,2-7,10-11H2,1H3,(H2,22,29)/t12?,13-/m0/s1. The smallest absolute Gasteiger partial charge is 0.419 e. The van der Waals surface area contributed by atoms with Crippen molar-refractivity contribution >= 4 is 17.9 Å². The van der Waals surface area contributed by atoms with Crippen LogP contribution in [0.2, 0.25) is 0 Å². The van der Waals surface area contributed by atoms with Gasteiger partial charge >= 0.3 is 12.3 Å². The maximum atomic E-state index is 12.8. The van der Waals surface area contributed by atoms with Crippen LogP contribution in [0.1, 0.15) is 18.9 Å². The largest absolute Gasteiger partial charge is 0.445 e. The van der Waals surface area contributed by atoms with Crippen LogP contribution >= 0.6 is 0 Å². The molecule has 0 saturated carbocycles. The molecule has 1 aromatic heterocycles. The van der Waals surface area contributed by atoms with Crippen LogP contribution in [0.4, 0.5) is 23.9 Å². The number of carbonyl (C=O) groups excluding carboxylic acids is 2. The fourth-order valence-electron chi connectivity index (χ4n) is 3.82. The number of nitrogens with two attached hydrogens (primary N) is 1. The molecule has 2 N–H and O–H groups in total. The van der Waals surface area contributed by atoms with Gasteiger partial charge in [0.25, 0.3) is 0 Å². The summed E-state index contributed by atoms with van der Waals surface area (Å²) in [7, 11) is 0. The van der Waals surface area contributed by atoms with Gasteiger partial charge in [0.1, 0.15) is 6.10 Å². The summed E-state index contributed by atoms with van der Waals surface area (Å²) in [6.07, 6.45) is -3.36. The number of carbonyl (C=O) groups is 2. The molecule has 3 heterocycles. The van der Waals surface area contributed by atoms with Crippen LogP contribution in [0, 0.1) is 5.92 Å². The van der Waals surface area contributed by atoms with Crippen LogP contribution in [0.15, 0.2) is 12.4 Å². The van der Waals surface area contributed by atoms with E-state index < -0.39 is 17.8 Å². The molecule has 12 heteroatoms. The number of hydrogen-bond acceptors (Lipinski definition) is 7. The average Bonchev–Trinajstić information content (AvgIpc) is 3.14. The number of nitrogens with zero attached hydrogens (tertiary/aromatic N) is 5. The Morgan fingerprint density at radius 2 is 1.83 bits per heavy atom. The highest BCUT2D eigenvalue weighted by Gasteiger charge is 2.34. The quantitative estimate of drug-likeness (QED) is 0.742. The number of primary amides is 1. The molecule has 2 aliphatic rings. The normalized spacial score (nSPS) is 21.5. The average molecular weight is 430 g/mol. The minimum atomic E-state index is -4.47. The molecule has 0 spiro atoms. The van der Waals surface area contributed by atoms with Crippen molar-refractivity contribution in [3.05, 3.63) is 18.0 Å². The summed E-state index contributed by atoms with van der Waals surface area (Å²) in [5.74, 6) is 0.166. The molecule has 2 amide bonds. The lowest BCUT2D eigenvalue weighted by Crippen LogP contribution is -2.51. The van der Waals surface area contributed by atoms with Gasteiger partial charge in [-0.1, -0.05) is 0 Å². The Hall–Kier alpha value is -2.63.